The fraction of sp³-hybridized carbons (Fsp3) is 0.692. The van der Waals surface area contributed by atoms with Gasteiger partial charge in [0.15, 0.2) is 0 Å². The summed E-state index contributed by atoms with van der Waals surface area (Å²) in [5.74, 6) is 1.59. The quantitative estimate of drug-likeness (QED) is 0.680. The molecule has 1 aromatic rings. The lowest BCUT2D eigenvalue weighted by molar-refractivity contribution is 0.475. The van der Waals surface area contributed by atoms with E-state index in [4.69, 9.17) is 4.42 Å². The van der Waals surface area contributed by atoms with Crippen molar-refractivity contribution in [3.8, 4) is 0 Å². The smallest absolute Gasteiger partial charge is 0.212 e. The van der Waals surface area contributed by atoms with Gasteiger partial charge in [0.2, 0.25) is 10.0 Å². The summed E-state index contributed by atoms with van der Waals surface area (Å²) >= 11 is 0. The predicted octanol–water partition coefficient (Wildman–Crippen LogP) is 1.79. The Morgan fingerprint density at radius 2 is 2.00 bits per heavy atom. The standard InChI is InChI=1S/C13H24N2O3S/c1-11(2)14-8-4-5-9-19(16,17)15-10-13-7-6-12(3)18-13/h6-7,11,14-15H,4-5,8-10H2,1-3H3. The van der Waals surface area contributed by atoms with Crippen molar-refractivity contribution in [3.63, 3.8) is 0 Å². The van der Waals surface area contributed by atoms with Crippen molar-refractivity contribution in [3.05, 3.63) is 23.7 Å². The van der Waals surface area contributed by atoms with Gasteiger partial charge in [-0.05, 0) is 38.4 Å². The average molecular weight is 288 g/mol. The minimum Gasteiger partial charge on any atom is -0.465 e. The number of hydrogen-bond donors (Lipinski definition) is 2. The molecule has 1 heterocycles. The molecule has 0 aromatic carbocycles. The molecule has 0 atom stereocenters. The summed E-state index contributed by atoms with van der Waals surface area (Å²) < 4.78 is 31.3. The Kier molecular flexibility index (Phi) is 6.54. The molecular weight excluding hydrogens is 264 g/mol. The number of nitrogens with one attached hydrogen (secondary N) is 2. The molecule has 1 rings (SSSR count). The maximum atomic E-state index is 11.7. The van der Waals surface area contributed by atoms with Crippen LogP contribution in [0.1, 0.15) is 38.2 Å². The van der Waals surface area contributed by atoms with Crippen LogP contribution in [0.15, 0.2) is 16.5 Å². The molecule has 0 spiro atoms. The zero-order valence-corrected chi connectivity index (χ0v) is 12.7. The number of unbranched alkanes of at least 4 members (excludes halogenated alkanes) is 1. The van der Waals surface area contributed by atoms with Gasteiger partial charge in [-0.3, -0.25) is 0 Å². The molecular formula is C13H24N2O3S. The first-order chi connectivity index (χ1) is 8.89. The van der Waals surface area contributed by atoms with Crippen molar-refractivity contribution in [1.29, 1.82) is 0 Å². The van der Waals surface area contributed by atoms with E-state index in [1.165, 1.54) is 0 Å². The third-order valence-electron chi connectivity index (χ3n) is 2.65. The Bertz CT molecular complexity index is 466. The lowest BCUT2D eigenvalue weighted by atomic mass is 10.3. The minimum atomic E-state index is -3.21. The van der Waals surface area contributed by atoms with E-state index in [2.05, 4.69) is 23.9 Å². The van der Waals surface area contributed by atoms with Gasteiger partial charge in [0, 0.05) is 6.04 Å². The molecule has 0 fully saturated rings. The molecule has 2 N–H and O–H groups in total. The highest BCUT2D eigenvalue weighted by Crippen LogP contribution is 2.06. The van der Waals surface area contributed by atoms with Crippen LogP contribution >= 0.6 is 0 Å². The van der Waals surface area contributed by atoms with Crippen LogP contribution in [0.3, 0.4) is 0 Å². The van der Waals surface area contributed by atoms with Gasteiger partial charge < -0.3 is 9.73 Å². The molecule has 0 aliphatic heterocycles. The largest absolute Gasteiger partial charge is 0.465 e. The zero-order chi connectivity index (χ0) is 14.3. The van der Waals surface area contributed by atoms with E-state index in [0.29, 0.717) is 18.2 Å². The van der Waals surface area contributed by atoms with Crippen LogP contribution in [0.25, 0.3) is 0 Å². The fourth-order valence-corrected chi connectivity index (χ4v) is 2.73. The number of aryl methyl sites for hydroxylation is 1. The summed E-state index contributed by atoms with van der Waals surface area (Å²) in [7, 11) is -3.21. The second-order valence-electron chi connectivity index (χ2n) is 4.97. The number of sulfonamides is 1. The van der Waals surface area contributed by atoms with Crippen molar-refractivity contribution in [2.24, 2.45) is 0 Å². The third kappa shape index (κ3) is 7.34. The molecule has 0 amide bonds. The first-order valence-corrected chi connectivity index (χ1v) is 8.30. The van der Waals surface area contributed by atoms with Crippen LogP contribution < -0.4 is 10.0 Å². The van der Waals surface area contributed by atoms with Crippen LogP contribution in [0.5, 0.6) is 0 Å². The Morgan fingerprint density at radius 3 is 2.58 bits per heavy atom. The van der Waals surface area contributed by atoms with Crippen LogP contribution in [0.2, 0.25) is 0 Å². The van der Waals surface area contributed by atoms with Gasteiger partial charge in [0.25, 0.3) is 0 Å². The molecule has 0 bridgehead atoms. The summed E-state index contributed by atoms with van der Waals surface area (Å²) in [5, 5.41) is 3.26. The van der Waals surface area contributed by atoms with E-state index in [1.807, 2.05) is 13.0 Å². The normalized spacial score (nSPS) is 12.2. The third-order valence-corrected chi connectivity index (χ3v) is 4.07. The van der Waals surface area contributed by atoms with Crippen molar-refractivity contribution in [2.45, 2.75) is 46.2 Å². The van der Waals surface area contributed by atoms with Gasteiger partial charge in [0.05, 0.1) is 12.3 Å². The zero-order valence-electron chi connectivity index (χ0n) is 11.9. The fourth-order valence-electron chi connectivity index (χ4n) is 1.64. The summed E-state index contributed by atoms with van der Waals surface area (Å²) in [6, 6.07) is 4.04. The average Bonchev–Trinajstić information content (AvgIpc) is 2.72. The van der Waals surface area contributed by atoms with Crippen LogP contribution in [0, 0.1) is 6.92 Å². The highest BCUT2D eigenvalue weighted by Gasteiger charge is 2.10. The molecule has 0 saturated heterocycles. The number of hydrogen-bond acceptors (Lipinski definition) is 4. The highest BCUT2D eigenvalue weighted by atomic mass is 32.2. The summed E-state index contributed by atoms with van der Waals surface area (Å²) in [6.45, 7) is 7.05. The van der Waals surface area contributed by atoms with E-state index >= 15 is 0 Å². The molecule has 1 aromatic heterocycles. The molecule has 0 aliphatic rings. The highest BCUT2D eigenvalue weighted by molar-refractivity contribution is 7.89. The molecule has 6 heteroatoms. The van der Waals surface area contributed by atoms with E-state index in [9.17, 15) is 8.42 Å². The SMILES string of the molecule is Cc1ccc(CNS(=O)(=O)CCCCNC(C)C)o1. The first-order valence-electron chi connectivity index (χ1n) is 6.65. The second kappa shape index (κ2) is 7.67. The summed E-state index contributed by atoms with van der Waals surface area (Å²) in [4.78, 5) is 0. The maximum Gasteiger partial charge on any atom is 0.212 e. The second-order valence-corrected chi connectivity index (χ2v) is 6.89. The predicted molar refractivity (Wildman–Crippen MR) is 76.4 cm³/mol. The number of furan rings is 1. The van der Waals surface area contributed by atoms with Crippen molar-refractivity contribution in [2.75, 3.05) is 12.3 Å². The molecule has 5 nitrogen and oxygen atoms in total. The van der Waals surface area contributed by atoms with E-state index in [-0.39, 0.29) is 12.3 Å². The van der Waals surface area contributed by atoms with Crippen molar-refractivity contribution < 1.29 is 12.8 Å². The summed E-state index contributed by atoms with van der Waals surface area (Å²) in [6.07, 6.45) is 1.52. The van der Waals surface area contributed by atoms with Gasteiger partial charge in [-0.2, -0.15) is 0 Å². The van der Waals surface area contributed by atoms with Crippen molar-refractivity contribution >= 4 is 10.0 Å². The molecule has 0 radical (unpaired) electrons. The van der Waals surface area contributed by atoms with Crippen LogP contribution in [-0.4, -0.2) is 26.8 Å². The topological polar surface area (TPSA) is 71.3 Å². The lowest BCUT2D eigenvalue weighted by Crippen LogP contribution is -2.27. The van der Waals surface area contributed by atoms with Gasteiger partial charge in [-0.1, -0.05) is 13.8 Å². The molecule has 0 aliphatic carbocycles. The van der Waals surface area contributed by atoms with Crippen molar-refractivity contribution in [1.82, 2.24) is 10.0 Å². The van der Waals surface area contributed by atoms with Gasteiger partial charge in [-0.25, -0.2) is 13.1 Å². The molecule has 19 heavy (non-hydrogen) atoms. The first kappa shape index (κ1) is 16.2. The number of rotatable bonds is 9. The minimum absolute atomic E-state index is 0.159. The molecule has 110 valence electrons. The Balaban J connectivity index is 2.21. The maximum absolute atomic E-state index is 11.7. The monoisotopic (exact) mass is 288 g/mol. The van der Waals surface area contributed by atoms with Crippen LogP contribution in [-0.2, 0) is 16.6 Å². The van der Waals surface area contributed by atoms with E-state index in [0.717, 1.165) is 18.7 Å². The molecule has 0 saturated carbocycles. The van der Waals surface area contributed by atoms with Crippen LogP contribution in [0.4, 0.5) is 0 Å². The van der Waals surface area contributed by atoms with Gasteiger partial charge >= 0.3 is 0 Å². The Morgan fingerprint density at radius 1 is 1.26 bits per heavy atom. The van der Waals surface area contributed by atoms with E-state index in [1.54, 1.807) is 6.07 Å². The lowest BCUT2D eigenvalue weighted by Gasteiger charge is -2.08. The molecule has 0 unspecified atom stereocenters. The van der Waals surface area contributed by atoms with Gasteiger partial charge in [-0.15, -0.1) is 0 Å². The Labute approximate surface area is 115 Å². The van der Waals surface area contributed by atoms with E-state index < -0.39 is 10.0 Å². The van der Waals surface area contributed by atoms with Gasteiger partial charge in [0.1, 0.15) is 11.5 Å². The Hall–Kier alpha value is -0.850. The summed E-state index contributed by atoms with van der Waals surface area (Å²) in [5.41, 5.74) is 0.